The highest BCUT2D eigenvalue weighted by atomic mass is 32.1. The second kappa shape index (κ2) is 6.87. The molecule has 1 N–H and O–H groups in total. The first-order valence-corrected chi connectivity index (χ1v) is 8.11. The van der Waals surface area contributed by atoms with Crippen molar-refractivity contribution in [2.75, 3.05) is 25.5 Å². The fourth-order valence-electron chi connectivity index (χ4n) is 2.38. The van der Waals surface area contributed by atoms with Gasteiger partial charge in [-0.25, -0.2) is 9.97 Å². The largest absolute Gasteiger partial charge is 0.366 e. The van der Waals surface area contributed by atoms with Crippen LogP contribution in [-0.2, 0) is 0 Å². The van der Waals surface area contributed by atoms with E-state index in [0.717, 1.165) is 33.0 Å². The third kappa shape index (κ3) is 3.27. The summed E-state index contributed by atoms with van der Waals surface area (Å²) in [5.41, 5.74) is 0.938. The fraction of sp³-hybridized carbons (Fsp3) is 0.438. The van der Waals surface area contributed by atoms with Crippen LogP contribution in [0, 0.1) is 12.8 Å². The number of fused-ring (bicyclic) bond motifs is 1. The lowest BCUT2D eigenvalue weighted by Crippen LogP contribution is -2.30. The van der Waals surface area contributed by atoms with Gasteiger partial charge in [0.1, 0.15) is 17.0 Å². The van der Waals surface area contributed by atoms with Gasteiger partial charge in [0.05, 0.1) is 10.3 Å². The highest BCUT2D eigenvalue weighted by Crippen LogP contribution is 2.33. The standard InChI is InChI=1S/C16H22N4OS/c1-6-7-17-14-12-11(4)13(22-15(12)19-9-18-14)16(21)20(5)8-10(2)3/h6,9-10H,1,7-8H2,2-5H3,(H,17,18,19). The molecule has 0 unspecified atom stereocenters. The zero-order chi connectivity index (χ0) is 16.3. The lowest BCUT2D eigenvalue weighted by Gasteiger charge is -2.18. The zero-order valence-electron chi connectivity index (χ0n) is 13.5. The number of aromatic nitrogens is 2. The van der Waals surface area contributed by atoms with Gasteiger partial charge in [0.15, 0.2) is 0 Å². The molecular weight excluding hydrogens is 296 g/mol. The average Bonchev–Trinajstić information content (AvgIpc) is 2.81. The van der Waals surface area contributed by atoms with Crippen LogP contribution in [0.4, 0.5) is 5.82 Å². The molecule has 0 aromatic carbocycles. The molecule has 0 bridgehead atoms. The van der Waals surface area contributed by atoms with E-state index in [9.17, 15) is 4.79 Å². The van der Waals surface area contributed by atoms with Crippen molar-refractivity contribution in [1.29, 1.82) is 0 Å². The summed E-state index contributed by atoms with van der Waals surface area (Å²) in [6.45, 7) is 11.2. The number of nitrogens with zero attached hydrogens (tertiary/aromatic N) is 3. The van der Waals surface area contributed by atoms with Gasteiger partial charge in [-0.1, -0.05) is 19.9 Å². The van der Waals surface area contributed by atoms with Gasteiger partial charge in [-0.2, -0.15) is 0 Å². The molecule has 0 saturated heterocycles. The van der Waals surface area contributed by atoms with E-state index in [4.69, 9.17) is 0 Å². The van der Waals surface area contributed by atoms with E-state index >= 15 is 0 Å². The number of thiophene rings is 1. The van der Waals surface area contributed by atoms with Gasteiger partial charge in [-0.3, -0.25) is 4.79 Å². The van der Waals surface area contributed by atoms with Crippen LogP contribution in [0.2, 0.25) is 0 Å². The van der Waals surface area contributed by atoms with Crippen molar-refractivity contribution in [2.24, 2.45) is 5.92 Å². The molecular formula is C16H22N4OS. The van der Waals surface area contributed by atoms with E-state index in [2.05, 4.69) is 35.7 Å². The fourth-order valence-corrected chi connectivity index (χ4v) is 3.53. The Bertz CT molecular complexity index is 693. The van der Waals surface area contributed by atoms with Crippen LogP contribution in [0.3, 0.4) is 0 Å². The van der Waals surface area contributed by atoms with Crippen molar-refractivity contribution < 1.29 is 4.79 Å². The molecule has 118 valence electrons. The molecule has 2 aromatic rings. The topological polar surface area (TPSA) is 58.1 Å². The molecule has 0 spiro atoms. The number of carbonyl (C=O) groups is 1. The number of aryl methyl sites for hydroxylation is 1. The minimum Gasteiger partial charge on any atom is -0.366 e. The predicted molar refractivity (Wildman–Crippen MR) is 92.6 cm³/mol. The summed E-state index contributed by atoms with van der Waals surface area (Å²) >= 11 is 1.43. The number of carbonyl (C=O) groups excluding carboxylic acids is 1. The van der Waals surface area contributed by atoms with Crippen molar-refractivity contribution in [2.45, 2.75) is 20.8 Å². The molecule has 22 heavy (non-hydrogen) atoms. The molecule has 0 aliphatic heterocycles. The van der Waals surface area contributed by atoms with Crippen molar-refractivity contribution >= 4 is 33.3 Å². The van der Waals surface area contributed by atoms with E-state index in [1.165, 1.54) is 17.7 Å². The Morgan fingerprint density at radius 3 is 2.86 bits per heavy atom. The van der Waals surface area contributed by atoms with Crippen LogP contribution >= 0.6 is 11.3 Å². The van der Waals surface area contributed by atoms with Crippen LogP contribution in [0.25, 0.3) is 10.2 Å². The number of amides is 1. The van der Waals surface area contributed by atoms with Crippen LogP contribution in [0.5, 0.6) is 0 Å². The minimum atomic E-state index is 0.0453. The number of hydrogen-bond donors (Lipinski definition) is 1. The van der Waals surface area contributed by atoms with E-state index in [1.54, 1.807) is 11.0 Å². The summed E-state index contributed by atoms with van der Waals surface area (Å²) in [5.74, 6) is 1.24. The lowest BCUT2D eigenvalue weighted by molar-refractivity contribution is 0.0783. The molecule has 0 fully saturated rings. The minimum absolute atomic E-state index is 0.0453. The number of anilines is 1. The van der Waals surface area contributed by atoms with Gasteiger partial charge in [0.25, 0.3) is 5.91 Å². The van der Waals surface area contributed by atoms with Crippen LogP contribution in [0.1, 0.15) is 29.1 Å². The lowest BCUT2D eigenvalue weighted by atomic mass is 10.1. The highest BCUT2D eigenvalue weighted by molar-refractivity contribution is 7.20. The summed E-state index contributed by atoms with van der Waals surface area (Å²) in [7, 11) is 1.84. The maximum Gasteiger partial charge on any atom is 0.264 e. The SMILES string of the molecule is C=CCNc1ncnc2sc(C(=O)N(C)CC(C)C)c(C)c12. The molecule has 5 nitrogen and oxygen atoms in total. The van der Waals surface area contributed by atoms with Crippen LogP contribution < -0.4 is 5.32 Å². The summed E-state index contributed by atoms with van der Waals surface area (Å²) < 4.78 is 0. The summed E-state index contributed by atoms with van der Waals surface area (Å²) in [6, 6.07) is 0. The molecule has 0 atom stereocenters. The first-order valence-electron chi connectivity index (χ1n) is 7.30. The number of rotatable bonds is 6. The predicted octanol–water partition coefficient (Wildman–Crippen LogP) is 3.33. The monoisotopic (exact) mass is 318 g/mol. The van der Waals surface area contributed by atoms with Crippen LogP contribution in [-0.4, -0.2) is 40.9 Å². The Balaban J connectivity index is 2.42. The number of nitrogens with one attached hydrogen (secondary N) is 1. The van der Waals surface area contributed by atoms with Crippen molar-refractivity contribution in [3.63, 3.8) is 0 Å². The first-order chi connectivity index (χ1) is 10.5. The Hall–Kier alpha value is -1.95. The molecule has 2 heterocycles. The van der Waals surface area contributed by atoms with E-state index in [-0.39, 0.29) is 5.91 Å². The van der Waals surface area contributed by atoms with Gasteiger partial charge in [0, 0.05) is 20.1 Å². The third-order valence-corrected chi connectivity index (χ3v) is 4.51. The van der Waals surface area contributed by atoms with Crippen molar-refractivity contribution in [3.8, 4) is 0 Å². The summed E-state index contributed by atoms with van der Waals surface area (Å²) in [4.78, 5) is 24.6. The molecule has 0 radical (unpaired) electrons. The molecule has 0 aliphatic carbocycles. The van der Waals surface area contributed by atoms with Gasteiger partial charge in [-0.05, 0) is 18.4 Å². The summed E-state index contributed by atoms with van der Waals surface area (Å²) in [6.07, 6.45) is 3.30. The van der Waals surface area contributed by atoms with Gasteiger partial charge < -0.3 is 10.2 Å². The smallest absolute Gasteiger partial charge is 0.264 e. The second-order valence-corrected chi connectivity index (χ2v) is 6.71. The van der Waals surface area contributed by atoms with Crippen LogP contribution in [0.15, 0.2) is 19.0 Å². The van der Waals surface area contributed by atoms with Crippen molar-refractivity contribution in [1.82, 2.24) is 14.9 Å². The molecule has 0 aliphatic rings. The maximum atomic E-state index is 12.6. The quantitative estimate of drug-likeness (QED) is 0.830. The molecule has 6 heteroatoms. The van der Waals surface area contributed by atoms with Crippen molar-refractivity contribution in [3.05, 3.63) is 29.4 Å². The molecule has 1 amide bonds. The first kappa shape index (κ1) is 16.4. The van der Waals surface area contributed by atoms with Gasteiger partial charge >= 0.3 is 0 Å². The highest BCUT2D eigenvalue weighted by Gasteiger charge is 2.22. The number of hydrogen-bond acceptors (Lipinski definition) is 5. The van der Waals surface area contributed by atoms with E-state index in [0.29, 0.717) is 12.5 Å². The second-order valence-electron chi connectivity index (χ2n) is 5.71. The zero-order valence-corrected chi connectivity index (χ0v) is 14.3. The maximum absolute atomic E-state index is 12.6. The van der Waals surface area contributed by atoms with Gasteiger partial charge in [-0.15, -0.1) is 17.9 Å². The van der Waals surface area contributed by atoms with Gasteiger partial charge in [0.2, 0.25) is 0 Å². The van der Waals surface area contributed by atoms with E-state index < -0.39 is 0 Å². The Morgan fingerprint density at radius 2 is 2.23 bits per heavy atom. The molecule has 0 saturated carbocycles. The summed E-state index contributed by atoms with van der Waals surface area (Å²) in [5, 5.41) is 4.13. The molecule has 2 rings (SSSR count). The Labute approximate surface area is 135 Å². The normalized spacial score (nSPS) is 11.0. The third-order valence-electron chi connectivity index (χ3n) is 3.32. The molecule has 2 aromatic heterocycles. The van der Waals surface area contributed by atoms with E-state index in [1.807, 2.05) is 14.0 Å². The average molecular weight is 318 g/mol. The Morgan fingerprint density at radius 1 is 1.50 bits per heavy atom. The Kier molecular flexibility index (Phi) is 5.13.